The Morgan fingerprint density at radius 2 is 2.00 bits per heavy atom. The van der Waals surface area contributed by atoms with Crippen LogP contribution in [0.3, 0.4) is 0 Å². The molecule has 0 radical (unpaired) electrons. The van der Waals surface area contributed by atoms with Crippen LogP contribution in [0.25, 0.3) is 27.9 Å². The lowest BCUT2D eigenvalue weighted by molar-refractivity contribution is 0.564. The van der Waals surface area contributed by atoms with Crippen LogP contribution < -0.4 is 0 Å². The molecule has 24 heavy (non-hydrogen) atoms. The van der Waals surface area contributed by atoms with Gasteiger partial charge in [0.1, 0.15) is 23.5 Å². The highest BCUT2D eigenvalue weighted by Crippen LogP contribution is 2.39. The Labute approximate surface area is 140 Å². The minimum atomic E-state index is 0.648. The van der Waals surface area contributed by atoms with Gasteiger partial charge in [0.2, 0.25) is 0 Å². The Kier molecular flexibility index (Phi) is 3.31. The summed E-state index contributed by atoms with van der Waals surface area (Å²) in [6, 6.07) is 12.4. The zero-order valence-corrected chi connectivity index (χ0v) is 13.7. The fraction of sp³-hybridized carbons (Fsp3) is 0.211. The van der Waals surface area contributed by atoms with Crippen molar-refractivity contribution >= 4 is 16.6 Å². The molecule has 0 aliphatic carbocycles. The third-order valence-corrected chi connectivity index (χ3v) is 4.32. The normalized spacial score (nSPS) is 14.8. The number of aryl methyl sites for hydroxylation is 1. The average Bonchev–Trinajstić information content (AvgIpc) is 3.13. The van der Waals surface area contributed by atoms with E-state index in [1.165, 1.54) is 5.57 Å². The van der Waals surface area contributed by atoms with Crippen LogP contribution in [-0.4, -0.2) is 33.5 Å². The summed E-state index contributed by atoms with van der Waals surface area (Å²) in [5, 5.41) is 9.74. The van der Waals surface area contributed by atoms with E-state index in [9.17, 15) is 5.26 Å². The van der Waals surface area contributed by atoms with E-state index in [1.807, 2.05) is 49.3 Å². The molecule has 2 aromatic heterocycles. The van der Waals surface area contributed by atoms with Crippen LogP contribution in [0.5, 0.6) is 0 Å². The van der Waals surface area contributed by atoms with Gasteiger partial charge in [-0.2, -0.15) is 5.26 Å². The second-order valence-electron chi connectivity index (χ2n) is 6.14. The van der Waals surface area contributed by atoms with Crippen molar-refractivity contribution in [2.75, 3.05) is 14.1 Å². The molecule has 1 aromatic carbocycles. The lowest BCUT2D eigenvalue weighted by Crippen LogP contribution is -2.02. The van der Waals surface area contributed by atoms with Crippen molar-refractivity contribution in [2.24, 2.45) is 0 Å². The Balaban J connectivity index is 2.07. The molecule has 3 heterocycles. The quantitative estimate of drug-likeness (QED) is 0.728. The first-order valence-electron chi connectivity index (χ1n) is 7.91. The summed E-state index contributed by atoms with van der Waals surface area (Å²) < 4.78 is 2.20. The van der Waals surface area contributed by atoms with Crippen molar-refractivity contribution in [1.82, 2.24) is 19.4 Å². The van der Waals surface area contributed by atoms with E-state index < -0.39 is 0 Å². The highest BCUT2D eigenvalue weighted by molar-refractivity contribution is 5.98. The molecule has 0 N–H and O–H groups in total. The molecule has 0 amide bonds. The number of nitrogens with zero attached hydrogens (tertiary/aromatic N) is 5. The number of nitriles is 1. The first-order valence-corrected chi connectivity index (χ1v) is 7.91. The zero-order valence-electron chi connectivity index (χ0n) is 13.7. The SMILES string of the molecule is CN(C)C=C1CCn2c1c(C#N)c1ncnc(-c3ccccc3)c12. The fourth-order valence-corrected chi connectivity index (χ4v) is 3.44. The topological polar surface area (TPSA) is 57.7 Å². The number of hydrogen-bond acceptors (Lipinski definition) is 4. The summed E-state index contributed by atoms with van der Waals surface area (Å²) >= 11 is 0. The van der Waals surface area contributed by atoms with Crippen LogP contribution >= 0.6 is 0 Å². The lowest BCUT2D eigenvalue weighted by atomic mass is 10.1. The second kappa shape index (κ2) is 5.50. The minimum Gasteiger partial charge on any atom is -0.383 e. The molecule has 5 nitrogen and oxygen atoms in total. The van der Waals surface area contributed by atoms with Gasteiger partial charge >= 0.3 is 0 Å². The van der Waals surface area contributed by atoms with E-state index in [-0.39, 0.29) is 0 Å². The summed E-state index contributed by atoms with van der Waals surface area (Å²) in [5.41, 5.74) is 6.43. The molecule has 0 spiro atoms. The molecule has 0 atom stereocenters. The highest BCUT2D eigenvalue weighted by atomic mass is 15.1. The molecule has 0 unspecified atom stereocenters. The Hall–Kier alpha value is -3.13. The molecule has 0 fully saturated rings. The molecule has 0 saturated carbocycles. The maximum atomic E-state index is 9.74. The predicted octanol–water partition coefficient (Wildman–Crippen LogP) is 3.28. The van der Waals surface area contributed by atoms with Gasteiger partial charge in [-0.3, -0.25) is 0 Å². The molecule has 1 aliphatic heterocycles. The van der Waals surface area contributed by atoms with E-state index in [4.69, 9.17) is 0 Å². The molecule has 5 heteroatoms. The van der Waals surface area contributed by atoms with E-state index in [1.54, 1.807) is 6.33 Å². The number of benzene rings is 1. The number of aromatic nitrogens is 3. The number of rotatable bonds is 2. The first-order chi connectivity index (χ1) is 11.7. The zero-order chi connectivity index (χ0) is 16.7. The van der Waals surface area contributed by atoms with Crippen molar-refractivity contribution in [2.45, 2.75) is 13.0 Å². The van der Waals surface area contributed by atoms with Gasteiger partial charge in [0.25, 0.3) is 0 Å². The molecule has 4 rings (SSSR count). The summed E-state index contributed by atoms with van der Waals surface area (Å²) in [4.78, 5) is 11.0. The first kappa shape index (κ1) is 14.5. The van der Waals surface area contributed by atoms with Gasteiger partial charge in [0.15, 0.2) is 0 Å². The lowest BCUT2D eigenvalue weighted by Gasteiger charge is -2.07. The third kappa shape index (κ3) is 2.08. The fourth-order valence-electron chi connectivity index (χ4n) is 3.44. The van der Waals surface area contributed by atoms with Crippen molar-refractivity contribution in [3.05, 3.63) is 54.1 Å². The molecular formula is C19H17N5. The second-order valence-corrected chi connectivity index (χ2v) is 6.14. The van der Waals surface area contributed by atoms with Crippen LogP contribution in [0.15, 0.2) is 42.9 Å². The number of hydrogen-bond donors (Lipinski definition) is 0. The largest absolute Gasteiger partial charge is 0.383 e. The Bertz CT molecular complexity index is 990. The predicted molar refractivity (Wildman–Crippen MR) is 94.0 cm³/mol. The summed E-state index contributed by atoms with van der Waals surface area (Å²) in [6.07, 6.45) is 4.56. The standard InChI is InChI=1S/C19H17N5/c1-23(2)11-14-8-9-24-18(14)15(10-20)17-19(24)16(21-12-22-17)13-6-4-3-5-7-13/h3-7,11-12H,8-9H2,1-2H3. The molecule has 0 bridgehead atoms. The van der Waals surface area contributed by atoms with Crippen LogP contribution in [-0.2, 0) is 6.54 Å². The maximum absolute atomic E-state index is 9.74. The number of fused-ring (bicyclic) bond motifs is 3. The highest BCUT2D eigenvalue weighted by Gasteiger charge is 2.28. The third-order valence-electron chi connectivity index (χ3n) is 4.32. The molecule has 3 aromatic rings. The van der Waals surface area contributed by atoms with E-state index >= 15 is 0 Å². The average molecular weight is 315 g/mol. The summed E-state index contributed by atoms with van der Waals surface area (Å²) in [5.74, 6) is 0. The van der Waals surface area contributed by atoms with E-state index in [2.05, 4.69) is 26.8 Å². The van der Waals surface area contributed by atoms with Crippen molar-refractivity contribution in [1.29, 1.82) is 5.26 Å². The molecule has 118 valence electrons. The van der Waals surface area contributed by atoms with Gasteiger partial charge in [0, 0.05) is 32.4 Å². The van der Waals surface area contributed by atoms with Crippen LogP contribution in [0.4, 0.5) is 0 Å². The van der Waals surface area contributed by atoms with E-state index in [0.29, 0.717) is 5.56 Å². The van der Waals surface area contributed by atoms with Gasteiger partial charge in [0.05, 0.1) is 16.9 Å². The van der Waals surface area contributed by atoms with E-state index in [0.717, 1.165) is 41.0 Å². The van der Waals surface area contributed by atoms with Crippen LogP contribution in [0.1, 0.15) is 17.7 Å². The van der Waals surface area contributed by atoms with Gasteiger partial charge in [-0.15, -0.1) is 0 Å². The van der Waals surface area contributed by atoms with Crippen molar-refractivity contribution in [3.63, 3.8) is 0 Å². The molecule has 1 aliphatic rings. The molecular weight excluding hydrogens is 298 g/mol. The van der Waals surface area contributed by atoms with Gasteiger partial charge in [-0.1, -0.05) is 30.3 Å². The number of allylic oxidation sites excluding steroid dienone is 1. The van der Waals surface area contributed by atoms with Gasteiger partial charge in [-0.25, -0.2) is 9.97 Å². The minimum absolute atomic E-state index is 0.648. The van der Waals surface area contributed by atoms with Crippen LogP contribution in [0, 0.1) is 11.3 Å². The summed E-state index contributed by atoms with van der Waals surface area (Å²) in [6.45, 7) is 0.848. The molecule has 0 saturated heterocycles. The summed E-state index contributed by atoms with van der Waals surface area (Å²) in [7, 11) is 4.00. The Morgan fingerprint density at radius 3 is 2.71 bits per heavy atom. The smallest absolute Gasteiger partial charge is 0.116 e. The Morgan fingerprint density at radius 1 is 1.21 bits per heavy atom. The van der Waals surface area contributed by atoms with Crippen LogP contribution in [0.2, 0.25) is 0 Å². The van der Waals surface area contributed by atoms with Crippen molar-refractivity contribution < 1.29 is 0 Å². The van der Waals surface area contributed by atoms with Gasteiger partial charge < -0.3 is 9.47 Å². The van der Waals surface area contributed by atoms with Gasteiger partial charge in [-0.05, 0) is 12.0 Å². The van der Waals surface area contributed by atoms with Crippen molar-refractivity contribution in [3.8, 4) is 17.3 Å². The maximum Gasteiger partial charge on any atom is 0.116 e. The monoisotopic (exact) mass is 315 g/mol.